The van der Waals surface area contributed by atoms with Gasteiger partial charge >= 0.3 is 0 Å². The topological polar surface area (TPSA) is 84.1 Å². The van der Waals surface area contributed by atoms with Gasteiger partial charge in [0.25, 0.3) is 0 Å². The highest BCUT2D eigenvalue weighted by Crippen LogP contribution is 2.43. The second kappa shape index (κ2) is 8.30. The van der Waals surface area contributed by atoms with Gasteiger partial charge in [-0.05, 0) is 47.0 Å². The molecule has 3 aromatic carbocycles. The number of hydrogen-bond donors (Lipinski definition) is 1. The maximum absolute atomic E-state index is 13.9. The van der Waals surface area contributed by atoms with Gasteiger partial charge in [0.15, 0.2) is 11.5 Å². The van der Waals surface area contributed by atoms with Crippen molar-refractivity contribution in [3.8, 4) is 17.2 Å². The Morgan fingerprint density at radius 3 is 2.65 bits per heavy atom. The summed E-state index contributed by atoms with van der Waals surface area (Å²) < 4.78 is 16.3. The third kappa shape index (κ3) is 3.43. The Labute approximate surface area is 213 Å². The van der Waals surface area contributed by atoms with Crippen molar-refractivity contribution < 1.29 is 23.8 Å². The monoisotopic (exact) mass is 495 g/mol. The largest absolute Gasteiger partial charge is 0.497 e. The van der Waals surface area contributed by atoms with Gasteiger partial charge in [0.2, 0.25) is 18.6 Å². The number of rotatable bonds is 4. The first-order chi connectivity index (χ1) is 18.1. The smallest absolute Gasteiger partial charge is 0.246 e. The first-order valence-corrected chi connectivity index (χ1v) is 12.3. The molecule has 0 unspecified atom stereocenters. The minimum atomic E-state index is -0.589. The number of para-hydroxylation sites is 1. The van der Waals surface area contributed by atoms with Gasteiger partial charge in [-0.2, -0.15) is 0 Å². The predicted molar refractivity (Wildman–Crippen MR) is 135 cm³/mol. The van der Waals surface area contributed by atoms with Gasteiger partial charge in [-0.15, -0.1) is 0 Å². The molecule has 0 saturated carbocycles. The van der Waals surface area contributed by atoms with Crippen LogP contribution in [0, 0.1) is 0 Å². The number of piperazine rings is 1. The lowest BCUT2D eigenvalue weighted by Gasteiger charge is -2.47. The molecule has 7 rings (SSSR count). The number of methoxy groups -OCH3 is 1. The standard InChI is InChI=1S/C29H25N3O5/c1-35-19-9-7-18(8-10-19)28-27-21(20-4-2-3-5-22(20)30-27)13-23-29(34)31(15-26(33)32(23)28)14-17-6-11-24-25(12-17)37-16-36-24/h2-12,23,28,30H,13-16H2,1H3/t23-,28-/m0/s1. The number of aromatic amines is 1. The van der Waals surface area contributed by atoms with Crippen molar-refractivity contribution >= 4 is 22.7 Å². The Morgan fingerprint density at radius 1 is 1.00 bits per heavy atom. The van der Waals surface area contributed by atoms with E-state index in [4.69, 9.17) is 14.2 Å². The van der Waals surface area contributed by atoms with Crippen molar-refractivity contribution in [2.75, 3.05) is 20.4 Å². The van der Waals surface area contributed by atoms with Crippen LogP contribution in [0.5, 0.6) is 17.2 Å². The Bertz CT molecular complexity index is 1540. The number of benzene rings is 3. The number of carbonyl (C=O) groups is 2. The summed E-state index contributed by atoms with van der Waals surface area (Å²) in [4.78, 5) is 34.7. The van der Waals surface area contributed by atoms with Gasteiger partial charge in [-0.3, -0.25) is 9.59 Å². The molecule has 1 fully saturated rings. The second-order valence-electron chi connectivity index (χ2n) is 9.64. The summed E-state index contributed by atoms with van der Waals surface area (Å²) in [5.41, 5.74) is 4.89. The lowest BCUT2D eigenvalue weighted by atomic mass is 9.86. The zero-order chi connectivity index (χ0) is 25.1. The van der Waals surface area contributed by atoms with Crippen LogP contribution in [0.15, 0.2) is 66.7 Å². The van der Waals surface area contributed by atoms with Crippen molar-refractivity contribution in [1.29, 1.82) is 0 Å². The Morgan fingerprint density at radius 2 is 1.81 bits per heavy atom. The molecule has 8 heteroatoms. The molecule has 1 saturated heterocycles. The van der Waals surface area contributed by atoms with Crippen LogP contribution in [0.3, 0.4) is 0 Å². The Kier molecular flexibility index (Phi) is 4.89. The Hall–Kier alpha value is -4.46. The molecule has 0 aliphatic carbocycles. The van der Waals surface area contributed by atoms with Crippen LogP contribution in [0.1, 0.15) is 28.4 Å². The molecule has 1 N–H and O–H groups in total. The third-order valence-electron chi connectivity index (χ3n) is 7.58. The van der Waals surface area contributed by atoms with Gasteiger partial charge in [0.1, 0.15) is 18.3 Å². The molecule has 186 valence electrons. The van der Waals surface area contributed by atoms with E-state index in [0.29, 0.717) is 24.5 Å². The fraction of sp³-hybridized carbons (Fsp3) is 0.241. The highest BCUT2D eigenvalue weighted by Gasteiger charge is 2.48. The van der Waals surface area contributed by atoms with E-state index in [2.05, 4.69) is 11.1 Å². The first-order valence-electron chi connectivity index (χ1n) is 12.3. The summed E-state index contributed by atoms with van der Waals surface area (Å²) in [7, 11) is 1.63. The molecule has 4 aromatic rings. The number of hydrogen-bond acceptors (Lipinski definition) is 5. The number of ether oxygens (including phenoxy) is 3. The number of H-pyrrole nitrogens is 1. The molecule has 0 bridgehead atoms. The van der Waals surface area contributed by atoms with Crippen LogP contribution < -0.4 is 14.2 Å². The summed E-state index contributed by atoms with van der Waals surface area (Å²) in [5, 5.41) is 1.09. The molecule has 1 aromatic heterocycles. The Balaban J connectivity index is 1.29. The maximum atomic E-state index is 13.9. The molecule has 4 heterocycles. The number of nitrogens with one attached hydrogen (secondary N) is 1. The van der Waals surface area contributed by atoms with Crippen molar-refractivity contribution in [1.82, 2.24) is 14.8 Å². The maximum Gasteiger partial charge on any atom is 0.246 e. The van der Waals surface area contributed by atoms with Crippen LogP contribution >= 0.6 is 0 Å². The molecule has 2 amide bonds. The number of fused-ring (bicyclic) bond motifs is 5. The molecule has 0 spiro atoms. The van der Waals surface area contributed by atoms with E-state index in [0.717, 1.165) is 39.0 Å². The van der Waals surface area contributed by atoms with Crippen LogP contribution in [0.2, 0.25) is 0 Å². The molecule has 3 aliphatic heterocycles. The van der Waals surface area contributed by atoms with Crippen LogP contribution in [0.4, 0.5) is 0 Å². The molecular formula is C29H25N3O5. The van der Waals surface area contributed by atoms with E-state index in [1.807, 2.05) is 60.7 Å². The van der Waals surface area contributed by atoms with Crippen LogP contribution in [0.25, 0.3) is 10.9 Å². The fourth-order valence-electron chi connectivity index (χ4n) is 5.85. The van der Waals surface area contributed by atoms with Crippen molar-refractivity contribution in [3.63, 3.8) is 0 Å². The van der Waals surface area contributed by atoms with Gasteiger partial charge in [0.05, 0.1) is 13.2 Å². The third-order valence-corrected chi connectivity index (χ3v) is 7.58. The summed E-state index contributed by atoms with van der Waals surface area (Å²) in [6.45, 7) is 0.544. The van der Waals surface area contributed by atoms with Gasteiger partial charge in [-0.25, -0.2) is 0 Å². The van der Waals surface area contributed by atoms with Crippen molar-refractivity contribution in [2.24, 2.45) is 0 Å². The number of carbonyl (C=O) groups excluding carboxylic acids is 2. The van der Waals surface area contributed by atoms with Crippen LogP contribution in [-0.2, 0) is 22.6 Å². The highest BCUT2D eigenvalue weighted by molar-refractivity contribution is 5.97. The van der Waals surface area contributed by atoms with Gasteiger partial charge < -0.3 is 29.0 Å². The summed E-state index contributed by atoms with van der Waals surface area (Å²) in [6.07, 6.45) is 0.466. The van der Waals surface area contributed by atoms with E-state index in [1.54, 1.807) is 16.9 Å². The lowest BCUT2D eigenvalue weighted by Crippen LogP contribution is -2.62. The predicted octanol–water partition coefficient (Wildman–Crippen LogP) is 3.79. The van der Waals surface area contributed by atoms with E-state index >= 15 is 0 Å². The van der Waals surface area contributed by atoms with E-state index in [1.165, 1.54) is 0 Å². The SMILES string of the molecule is COc1ccc([C@H]2c3[nH]c4ccccc4c3C[C@H]3C(=O)N(Cc4ccc5c(c4)OCO5)CC(=O)N23)cc1. The highest BCUT2D eigenvalue weighted by atomic mass is 16.7. The average molecular weight is 496 g/mol. The summed E-state index contributed by atoms with van der Waals surface area (Å²) in [5.74, 6) is 1.97. The minimum Gasteiger partial charge on any atom is -0.497 e. The molecule has 8 nitrogen and oxygen atoms in total. The molecule has 37 heavy (non-hydrogen) atoms. The van der Waals surface area contributed by atoms with Gasteiger partial charge in [0, 0.05) is 29.6 Å². The second-order valence-corrected chi connectivity index (χ2v) is 9.64. The first kappa shape index (κ1) is 21.8. The van der Waals surface area contributed by atoms with E-state index in [9.17, 15) is 9.59 Å². The number of amides is 2. The van der Waals surface area contributed by atoms with Crippen molar-refractivity contribution in [3.05, 3.63) is 89.1 Å². The number of nitrogens with zero attached hydrogens (tertiary/aromatic N) is 2. The van der Waals surface area contributed by atoms with Gasteiger partial charge in [-0.1, -0.05) is 36.4 Å². The minimum absolute atomic E-state index is 0.0198. The zero-order valence-electron chi connectivity index (χ0n) is 20.3. The quantitative estimate of drug-likeness (QED) is 0.466. The molecule has 2 atom stereocenters. The molecule has 0 radical (unpaired) electrons. The van der Waals surface area contributed by atoms with Crippen LogP contribution in [-0.4, -0.2) is 53.1 Å². The van der Waals surface area contributed by atoms with E-state index < -0.39 is 12.1 Å². The lowest BCUT2D eigenvalue weighted by molar-refractivity contribution is -0.159. The molecule has 3 aliphatic rings. The fourth-order valence-corrected chi connectivity index (χ4v) is 5.85. The zero-order valence-corrected chi connectivity index (χ0v) is 20.3. The normalized spacial score (nSPS) is 20.2. The summed E-state index contributed by atoms with van der Waals surface area (Å²) in [6, 6.07) is 20.5. The molecular weight excluding hydrogens is 470 g/mol. The van der Waals surface area contributed by atoms with E-state index in [-0.39, 0.29) is 25.2 Å². The van der Waals surface area contributed by atoms with Crippen molar-refractivity contribution in [2.45, 2.75) is 25.0 Å². The summed E-state index contributed by atoms with van der Waals surface area (Å²) >= 11 is 0. The average Bonchev–Trinajstić information content (AvgIpc) is 3.54. The number of aromatic nitrogens is 1.